The van der Waals surface area contributed by atoms with Crippen molar-refractivity contribution in [2.75, 3.05) is 20.2 Å². The van der Waals surface area contributed by atoms with Crippen molar-refractivity contribution in [3.63, 3.8) is 0 Å². The minimum Gasteiger partial charge on any atom is -0.481 e. The lowest BCUT2D eigenvalue weighted by Crippen LogP contribution is -2.49. The molecule has 2 atom stereocenters. The molecule has 0 aromatic carbocycles. The number of amides is 1. The number of nitrogens with zero attached hydrogens (tertiary/aromatic N) is 5. The number of methoxy groups -OCH3 is 1. The van der Waals surface area contributed by atoms with Crippen LogP contribution in [0.5, 0.6) is 5.88 Å². The van der Waals surface area contributed by atoms with Crippen molar-refractivity contribution >= 4 is 5.91 Å². The molecule has 1 saturated heterocycles. The number of aromatic nitrogens is 3. The number of carbonyl (C=O) groups excluding carboxylic acids is 1. The van der Waals surface area contributed by atoms with Gasteiger partial charge in [0.15, 0.2) is 0 Å². The van der Waals surface area contributed by atoms with Crippen molar-refractivity contribution in [1.82, 2.24) is 24.3 Å². The maximum atomic E-state index is 13.2. The highest BCUT2D eigenvalue weighted by atomic mass is 16.5. The standard InChI is InChI=1S/C22H23N5O2/c1-29-21-16(6-4-10-24-21)12-25-14-19-20(15-25)27(13-17-7-2-3-9-23-17)22(28)18-8-5-11-26(18)19/h2-11,19-20H,12-15H2,1H3/t19-,20+/m1/s1. The summed E-state index contributed by atoms with van der Waals surface area (Å²) in [6, 6.07) is 14.0. The molecule has 3 aromatic heterocycles. The van der Waals surface area contributed by atoms with Gasteiger partial charge in [-0.3, -0.25) is 14.7 Å². The SMILES string of the molecule is COc1ncccc1CN1C[C@@H]2[C@H](C1)N(Cc1ccccn1)C(=O)c1cccn12. The van der Waals surface area contributed by atoms with Gasteiger partial charge in [-0.1, -0.05) is 12.1 Å². The molecule has 7 nitrogen and oxygen atoms in total. The Morgan fingerprint density at radius 2 is 1.86 bits per heavy atom. The van der Waals surface area contributed by atoms with E-state index in [1.807, 2.05) is 53.6 Å². The molecule has 2 aliphatic rings. The summed E-state index contributed by atoms with van der Waals surface area (Å²) in [5, 5.41) is 0. The number of fused-ring (bicyclic) bond motifs is 3. The zero-order chi connectivity index (χ0) is 19.8. The van der Waals surface area contributed by atoms with Gasteiger partial charge in [-0.05, 0) is 30.3 Å². The molecule has 5 rings (SSSR count). The topological polar surface area (TPSA) is 63.5 Å². The Kier molecular flexibility index (Phi) is 4.52. The Hall–Kier alpha value is -3.19. The van der Waals surface area contributed by atoms with E-state index in [0.717, 1.165) is 36.6 Å². The van der Waals surface area contributed by atoms with Gasteiger partial charge >= 0.3 is 0 Å². The predicted molar refractivity (Wildman–Crippen MR) is 107 cm³/mol. The van der Waals surface area contributed by atoms with Crippen LogP contribution in [-0.4, -0.2) is 56.5 Å². The van der Waals surface area contributed by atoms with Crippen LogP contribution in [0.25, 0.3) is 0 Å². The van der Waals surface area contributed by atoms with Crippen LogP contribution in [0.3, 0.4) is 0 Å². The third-order valence-corrected chi connectivity index (χ3v) is 5.85. The molecule has 29 heavy (non-hydrogen) atoms. The van der Waals surface area contributed by atoms with E-state index in [-0.39, 0.29) is 18.0 Å². The van der Waals surface area contributed by atoms with Gasteiger partial charge in [0.2, 0.25) is 5.88 Å². The molecule has 0 unspecified atom stereocenters. The maximum absolute atomic E-state index is 13.2. The lowest BCUT2D eigenvalue weighted by molar-refractivity contribution is 0.0553. The summed E-state index contributed by atoms with van der Waals surface area (Å²) < 4.78 is 7.56. The number of pyridine rings is 2. The van der Waals surface area contributed by atoms with Crippen LogP contribution >= 0.6 is 0 Å². The normalized spacial score (nSPS) is 21.1. The molecule has 2 aliphatic heterocycles. The van der Waals surface area contributed by atoms with E-state index in [0.29, 0.717) is 12.4 Å². The summed E-state index contributed by atoms with van der Waals surface area (Å²) in [5.74, 6) is 0.730. The molecule has 3 aromatic rings. The van der Waals surface area contributed by atoms with E-state index < -0.39 is 0 Å². The molecular formula is C22H23N5O2. The fourth-order valence-corrected chi connectivity index (χ4v) is 4.54. The zero-order valence-corrected chi connectivity index (χ0v) is 16.3. The molecular weight excluding hydrogens is 366 g/mol. The molecule has 0 aliphatic carbocycles. The van der Waals surface area contributed by atoms with Gasteiger partial charge in [-0.15, -0.1) is 0 Å². The lowest BCUT2D eigenvalue weighted by Gasteiger charge is -2.38. The van der Waals surface area contributed by atoms with Crippen LogP contribution in [-0.2, 0) is 13.1 Å². The van der Waals surface area contributed by atoms with Gasteiger partial charge in [0.25, 0.3) is 5.91 Å². The van der Waals surface area contributed by atoms with Crippen LogP contribution in [0, 0.1) is 0 Å². The molecule has 5 heterocycles. The van der Waals surface area contributed by atoms with E-state index in [1.165, 1.54) is 0 Å². The lowest BCUT2D eigenvalue weighted by atomic mass is 10.1. The number of rotatable bonds is 5. The van der Waals surface area contributed by atoms with Gasteiger partial charge in [-0.2, -0.15) is 0 Å². The number of hydrogen-bond donors (Lipinski definition) is 0. The summed E-state index contributed by atoms with van der Waals surface area (Å²) in [6.45, 7) is 2.94. The molecule has 0 radical (unpaired) electrons. The molecule has 0 spiro atoms. The Morgan fingerprint density at radius 1 is 1.00 bits per heavy atom. The molecule has 0 saturated carbocycles. The Labute approximate surface area is 169 Å². The fraction of sp³-hybridized carbons (Fsp3) is 0.318. The van der Waals surface area contributed by atoms with Gasteiger partial charge in [-0.25, -0.2) is 4.98 Å². The Bertz CT molecular complexity index is 1020. The second-order valence-electron chi connectivity index (χ2n) is 7.56. The third kappa shape index (κ3) is 3.17. The van der Waals surface area contributed by atoms with Crippen molar-refractivity contribution in [2.45, 2.75) is 25.2 Å². The minimum absolute atomic E-state index is 0.0720. The van der Waals surface area contributed by atoms with E-state index in [4.69, 9.17) is 4.74 Å². The molecule has 1 amide bonds. The number of ether oxygens (including phenoxy) is 1. The number of likely N-dealkylation sites (tertiary alicyclic amines) is 1. The molecule has 0 N–H and O–H groups in total. The molecule has 148 valence electrons. The molecule has 7 heteroatoms. The fourth-order valence-electron chi connectivity index (χ4n) is 4.54. The largest absolute Gasteiger partial charge is 0.481 e. The average Bonchev–Trinajstić information content (AvgIpc) is 3.39. The van der Waals surface area contributed by atoms with Crippen LogP contribution in [0.1, 0.15) is 27.8 Å². The van der Waals surface area contributed by atoms with Gasteiger partial charge in [0.05, 0.1) is 31.4 Å². The first-order valence-corrected chi connectivity index (χ1v) is 9.82. The summed E-state index contributed by atoms with van der Waals surface area (Å²) >= 11 is 0. The highest BCUT2D eigenvalue weighted by Gasteiger charge is 2.45. The molecule has 1 fully saturated rings. The maximum Gasteiger partial charge on any atom is 0.271 e. The third-order valence-electron chi connectivity index (χ3n) is 5.85. The summed E-state index contributed by atoms with van der Waals surface area (Å²) in [4.78, 5) is 26.3. The van der Waals surface area contributed by atoms with Gasteiger partial charge in [0.1, 0.15) is 5.69 Å². The van der Waals surface area contributed by atoms with Crippen molar-refractivity contribution in [3.8, 4) is 5.88 Å². The molecule has 0 bridgehead atoms. The van der Waals surface area contributed by atoms with Crippen molar-refractivity contribution in [2.24, 2.45) is 0 Å². The smallest absolute Gasteiger partial charge is 0.271 e. The van der Waals surface area contributed by atoms with Crippen LogP contribution in [0.4, 0.5) is 0 Å². The van der Waals surface area contributed by atoms with Crippen molar-refractivity contribution < 1.29 is 9.53 Å². The van der Waals surface area contributed by atoms with E-state index in [2.05, 4.69) is 19.4 Å². The average molecular weight is 389 g/mol. The van der Waals surface area contributed by atoms with E-state index in [9.17, 15) is 4.79 Å². The predicted octanol–water partition coefficient (Wildman–Crippen LogP) is 2.37. The minimum atomic E-state index is 0.0720. The van der Waals surface area contributed by atoms with Crippen LogP contribution in [0.15, 0.2) is 61.1 Å². The Morgan fingerprint density at radius 3 is 2.69 bits per heavy atom. The number of carbonyl (C=O) groups is 1. The number of hydrogen-bond acceptors (Lipinski definition) is 5. The van der Waals surface area contributed by atoms with E-state index >= 15 is 0 Å². The first-order chi connectivity index (χ1) is 14.2. The Balaban J connectivity index is 1.43. The van der Waals surface area contributed by atoms with Gasteiger partial charge < -0.3 is 14.2 Å². The van der Waals surface area contributed by atoms with Crippen molar-refractivity contribution in [3.05, 3.63) is 78.0 Å². The van der Waals surface area contributed by atoms with Crippen LogP contribution < -0.4 is 4.74 Å². The summed E-state index contributed by atoms with van der Waals surface area (Å²) in [6.07, 6.45) is 5.54. The first kappa shape index (κ1) is 17.9. The second kappa shape index (κ2) is 7.33. The monoisotopic (exact) mass is 389 g/mol. The summed E-state index contributed by atoms with van der Waals surface area (Å²) in [7, 11) is 1.65. The first-order valence-electron chi connectivity index (χ1n) is 9.82. The zero-order valence-electron chi connectivity index (χ0n) is 16.3. The van der Waals surface area contributed by atoms with Crippen molar-refractivity contribution in [1.29, 1.82) is 0 Å². The highest BCUT2D eigenvalue weighted by molar-refractivity contribution is 5.94. The highest BCUT2D eigenvalue weighted by Crippen LogP contribution is 2.35. The van der Waals surface area contributed by atoms with Gasteiger partial charge in [0, 0.05) is 43.8 Å². The van der Waals surface area contributed by atoms with Crippen LogP contribution in [0.2, 0.25) is 0 Å². The van der Waals surface area contributed by atoms with E-state index in [1.54, 1.807) is 19.5 Å². The second-order valence-corrected chi connectivity index (χ2v) is 7.56. The quantitative estimate of drug-likeness (QED) is 0.670. The summed E-state index contributed by atoms with van der Waals surface area (Å²) in [5.41, 5.74) is 2.72.